The van der Waals surface area contributed by atoms with Gasteiger partial charge in [-0.2, -0.15) is 0 Å². The molecule has 0 aliphatic heterocycles. The molecule has 0 N–H and O–H groups in total. The maximum absolute atomic E-state index is 5.87. The zero-order valence-corrected chi connectivity index (χ0v) is 15.1. The molecule has 0 aromatic rings. The summed E-state index contributed by atoms with van der Waals surface area (Å²) < 4.78 is 23.4. The molecule has 0 atom stereocenters. The van der Waals surface area contributed by atoms with Crippen molar-refractivity contribution in [1.29, 1.82) is 0 Å². The normalized spacial score (nSPS) is 13.1. The molecule has 4 nitrogen and oxygen atoms in total. The summed E-state index contributed by atoms with van der Waals surface area (Å²) in [6.07, 6.45) is 0.0923. The Morgan fingerprint density at radius 2 is 1.18 bits per heavy atom. The Labute approximate surface area is 118 Å². The van der Waals surface area contributed by atoms with Gasteiger partial charge in [0.1, 0.15) is 0 Å². The molecule has 104 valence electrons. The first-order chi connectivity index (χ1) is 7.81. The van der Waals surface area contributed by atoms with Crippen LogP contribution >= 0.6 is 12.6 Å². The van der Waals surface area contributed by atoms with Crippen LogP contribution in [0.1, 0.15) is 41.5 Å². The molecule has 0 rings (SSSR count). The van der Waals surface area contributed by atoms with Gasteiger partial charge in [-0.15, -0.1) is 0 Å². The molecule has 0 amide bonds. The molecule has 6 heteroatoms. The molecule has 0 aromatic carbocycles. The molecule has 0 aliphatic carbocycles. The van der Waals surface area contributed by atoms with Gasteiger partial charge in [-0.05, 0) is 0 Å². The van der Waals surface area contributed by atoms with E-state index in [1.165, 1.54) is 0 Å². The molecule has 0 unspecified atom stereocenters. The second kappa shape index (κ2) is 9.05. The van der Waals surface area contributed by atoms with E-state index in [4.69, 9.17) is 11.3 Å². The van der Waals surface area contributed by atoms with Crippen LogP contribution in [0.5, 0.6) is 0 Å². The summed E-state index contributed by atoms with van der Waals surface area (Å²) >= 11 is 0.261. The summed E-state index contributed by atoms with van der Waals surface area (Å²) in [7, 11) is 0. The third-order valence-corrected chi connectivity index (χ3v) is 8.67. The quantitative estimate of drug-likeness (QED) is 0.652. The molecule has 0 heterocycles. The monoisotopic (exact) mass is 344 g/mol. The summed E-state index contributed by atoms with van der Waals surface area (Å²) in [5.41, 5.74) is 0. The van der Waals surface area contributed by atoms with Gasteiger partial charge in [0.2, 0.25) is 0 Å². The van der Waals surface area contributed by atoms with Crippen molar-refractivity contribution in [3.63, 3.8) is 0 Å². The minimum atomic E-state index is -3.89. The first kappa shape index (κ1) is 18.1. The fourth-order valence-electron chi connectivity index (χ4n) is 1.22. The van der Waals surface area contributed by atoms with Crippen LogP contribution in [0.4, 0.5) is 0 Å². The van der Waals surface area contributed by atoms with Gasteiger partial charge < -0.3 is 0 Å². The third-order valence-electron chi connectivity index (χ3n) is 1.51. The van der Waals surface area contributed by atoms with Crippen LogP contribution in [0.2, 0.25) is 0 Å². The van der Waals surface area contributed by atoms with E-state index in [0.29, 0.717) is 12.4 Å². The van der Waals surface area contributed by atoms with Crippen molar-refractivity contribution in [2.45, 2.75) is 59.9 Å². The van der Waals surface area contributed by atoms with E-state index in [1.54, 1.807) is 0 Å². The van der Waals surface area contributed by atoms with Gasteiger partial charge in [0.15, 0.2) is 0 Å². The maximum atomic E-state index is 5.87. The van der Waals surface area contributed by atoms with E-state index in [0.717, 1.165) is 0 Å². The van der Waals surface area contributed by atoms with Gasteiger partial charge in [-0.25, -0.2) is 0 Å². The number of rotatable bonds is 9. The van der Waals surface area contributed by atoms with Crippen LogP contribution in [0.15, 0.2) is 0 Å². The predicted molar refractivity (Wildman–Crippen MR) is 68.5 cm³/mol. The van der Waals surface area contributed by atoms with Crippen molar-refractivity contribution >= 4 is 12.6 Å². The summed E-state index contributed by atoms with van der Waals surface area (Å²) in [6.45, 7) is 12.3. The van der Waals surface area contributed by atoms with E-state index in [-0.39, 0.29) is 18.3 Å². The molecule has 0 saturated heterocycles. The Bertz CT molecular complexity index is 173. The second-order valence-corrected chi connectivity index (χ2v) is 9.92. The molecular formula is C11H26O4SZr. The van der Waals surface area contributed by atoms with Crippen LogP contribution < -0.4 is 0 Å². The summed E-state index contributed by atoms with van der Waals surface area (Å²) in [6, 6.07) is 0. The minimum absolute atomic E-state index is 0.0308. The number of hydrogen-bond acceptors (Lipinski definition) is 5. The van der Waals surface area contributed by atoms with E-state index in [1.807, 2.05) is 41.5 Å². The molecular weight excluding hydrogens is 319 g/mol. The van der Waals surface area contributed by atoms with Gasteiger partial charge in [0.25, 0.3) is 0 Å². The third kappa shape index (κ3) is 8.73. The Kier molecular flexibility index (Phi) is 9.62. The van der Waals surface area contributed by atoms with Crippen LogP contribution in [0.25, 0.3) is 0 Å². The fraction of sp³-hybridized carbons (Fsp3) is 1.00. The van der Waals surface area contributed by atoms with Crippen LogP contribution in [-0.2, 0) is 33.3 Å². The SMILES string of the molecule is CC(C)[O][Zr]([O]CCS)([O]C(C)C)[O]C(C)C. The molecule has 0 saturated carbocycles. The number of thiol groups is 1. The van der Waals surface area contributed by atoms with Crippen LogP contribution in [0.3, 0.4) is 0 Å². The average molecular weight is 346 g/mol. The van der Waals surface area contributed by atoms with Gasteiger partial charge in [0.05, 0.1) is 0 Å². The van der Waals surface area contributed by atoms with E-state index in [2.05, 4.69) is 12.6 Å². The van der Waals surface area contributed by atoms with Crippen molar-refractivity contribution in [1.82, 2.24) is 0 Å². The molecule has 0 aromatic heterocycles. The van der Waals surface area contributed by atoms with Crippen molar-refractivity contribution in [2.24, 2.45) is 0 Å². The molecule has 0 aliphatic rings. The Hall–Kier alpha value is 1.07. The van der Waals surface area contributed by atoms with Crippen molar-refractivity contribution < 1.29 is 33.3 Å². The van der Waals surface area contributed by atoms with E-state index >= 15 is 0 Å². The van der Waals surface area contributed by atoms with E-state index in [9.17, 15) is 0 Å². The Morgan fingerprint density at radius 3 is 1.41 bits per heavy atom. The zero-order valence-electron chi connectivity index (χ0n) is 11.7. The number of hydrogen-bond donors (Lipinski definition) is 1. The van der Waals surface area contributed by atoms with Gasteiger partial charge in [-0.1, -0.05) is 0 Å². The topological polar surface area (TPSA) is 36.9 Å². The Morgan fingerprint density at radius 1 is 0.824 bits per heavy atom. The van der Waals surface area contributed by atoms with Crippen molar-refractivity contribution in [3.05, 3.63) is 0 Å². The summed E-state index contributed by atoms with van der Waals surface area (Å²) in [5.74, 6) is 0.628. The van der Waals surface area contributed by atoms with Crippen LogP contribution in [0, 0.1) is 0 Å². The molecule has 17 heavy (non-hydrogen) atoms. The zero-order chi connectivity index (χ0) is 13.5. The molecule has 0 fully saturated rings. The van der Waals surface area contributed by atoms with Crippen molar-refractivity contribution in [3.8, 4) is 0 Å². The van der Waals surface area contributed by atoms with Crippen molar-refractivity contribution in [2.75, 3.05) is 12.4 Å². The summed E-state index contributed by atoms with van der Waals surface area (Å²) in [5, 5.41) is 0. The van der Waals surface area contributed by atoms with Gasteiger partial charge in [0, 0.05) is 0 Å². The van der Waals surface area contributed by atoms with E-state index < -0.39 is 22.0 Å². The molecule has 0 bridgehead atoms. The second-order valence-electron chi connectivity index (χ2n) is 4.57. The summed E-state index contributed by atoms with van der Waals surface area (Å²) in [4.78, 5) is 0. The first-order valence-electron chi connectivity index (χ1n) is 6.09. The standard InChI is InChI=1S/3C3H7O.C2H5OS.Zr/c3*1-3(2)4;3-1-2-4;/h3*3H,1-2H3;4H,1-2H2;/q4*-1;+4. The fourth-order valence-corrected chi connectivity index (χ4v) is 7.77. The van der Waals surface area contributed by atoms with Gasteiger partial charge in [-0.3, -0.25) is 0 Å². The van der Waals surface area contributed by atoms with Crippen LogP contribution in [-0.4, -0.2) is 30.7 Å². The Balaban J connectivity index is 4.76. The molecule has 0 radical (unpaired) electrons. The molecule has 0 spiro atoms. The van der Waals surface area contributed by atoms with Gasteiger partial charge >= 0.3 is 118 Å². The first-order valence-corrected chi connectivity index (χ1v) is 10.7. The average Bonchev–Trinajstić information content (AvgIpc) is 2.11. The predicted octanol–water partition coefficient (Wildman–Crippen LogP) is 3.02.